The number of aliphatic hydroxyl groups is 1. The Hall–Kier alpha value is -6.65. The van der Waals surface area contributed by atoms with Gasteiger partial charge in [-0.3, -0.25) is 9.69 Å². The number of aliphatic hydroxyl groups excluding tert-OH is 1. The number of anilines is 1. The second-order valence-corrected chi connectivity index (χ2v) is 13.5. The van der Waals surface area contributed by atoms with E-state index in [0.29, 0.717) is 27.9 Å². The molecule has 0 aliphatic carbocycles. The molecule has 4 nitrogen and oxygen atoms in total. The number of alkyl halides is 6. The minimum absolute atomic E-state index is 0.0656. The molecule has 1 aliphatic rings. The molecule has 0 radical (unpaired) electrons. The lowest BCUT2D eigenvalue weighted by Crippen LogP contribution is -2.29. The molecule has 1 N–H and O–H groups in total. The number of carbonyl (C=O) groups excluding carboxylic acids is 1. The van der Waals surface area contributed by atoms with Gasteiger partial charge in [0, 0.05) is 33.0 Å². The van der Waals surface area contributed by atoms with Crippen molar-refractivity contribution in [2.75, 3.05) is 4.90 Å². The summed E-state index contributed by atoms with van der Waals surface area (Å²) in [6.45, 7) is 0. The smallest absolute Gasteiger partial charge is 0.369 e. The van der Waals surface area contributed by atoms with Gasteiger partial charge in [-0.05, 0) is 58.7 Å². The number of halogens is 6. The van der Waals surface area contributed by atoms with Crippen LogP contribution in [-0.2, 0) is 12.4 Å². The fourth-order valence-corrected chi connectivity index (χ4v) is 7.98. The largest absolute Gasteiger partial charge is 0.418 e. The van der Waals surface area contributed by atoms with Gasteiger partial charge in [0.1, 0.15) is 0 Å². The van der Waals surface area contributed by atoms with Crippen molar-refractivity contribution >= 4 is 33.4 Å². The average molecular weight is 755 g/mol. The predicted molar refractivity (Wildman–Crippen MR) is 205 cm³/mol. The van der Waals surface area contributed by atoms with E-state index >= 15 is 0 Å². The van der Waals surface area contributed by atoms with E-state index in [1.54, 1.807) is 0 Å². The summed E-state index contributed by atoms with van der Waals surface area (Å²) in [5, 5.41) is 12.4. The molecular formula is C46H28F6N2O2. The van der Waals surface area contributed by atoms with Crippen molar-refractivity contribution in [3.05, 3.63) is 180 Å². The van der Waals surface area contributed by atoms with Crippen molar-refractivity contribution in [3.8, 4) is 39.1 Å². The van der Waals surface area contributed by atoms with Crippen molar-refractivity contribution in [3.63, 3.8) is 0 Å². The third-order valence-electron chi connectivity index (χ3n) is 10.3. The molecule has 1 unspecified atom stereocenters. The number of amides is 1. The molecule has 1 aliphatic heterocycles. The van der Waals surface area contributed by atoms with Gasteiger partial charge in [0.25, 0.3) is 5.91 Å². The molecule has 0 fully saturated rings. The van der Waals surface area contributed by atoms with E-state index in [4.69, 9.17) is 0 Å². The van der Waals surface area contributed by atoms with Crippen molar-refractivity contribution in [2.24, 2.45) is 0 Å². The Labute approximate surface area is 316 Å². The molecule has 1 atom stereocenters. The standard InChI is InChI=1S/C46H28F6N2O2/c47-45(48,49)36-22-10-19-31-32-20-11-23-37(46(50,51)52)42(32)53(41(31)36)38-24-12-21-33-39(38)44(56)54(43(33)55)40-34(28-15-6-2-7-16-28)25-30(27-13-4-1-5-14-27)26-35(40)29-17-8-3-9-18-29/h1-26,44,56H. The van der Waals surface area contributed by atoms with E-state index in [9.17, 15) is 36.2 Å². The minimum atomic E-state index is -4.96. The summed E-state index contributed by atoms with van der Waals surface area (Å²) in [5.74, 6) is -0.677. The molecule has 7 aromatic carbocycles. The molecule has 276 valence electrons. The topological polar surface area (TPSA) is 45.5 Å². The highest BCUT2D eigenvalue weighted by atomic mass is 19.4. The van der Waals surface area contributed by atoms with E-state index in [-0.39, 0.29) is 27.6 Å². The van der Waals surface area contributed by atoms with Crippen LogP contribution in [0, 0.1) is 0 Å². The molecule has 0 spiro atoms. The predicted octanol–water partition coefficient (Wildman–Crippen LogP) is 12.5. The van der Waals surface area contributed by atoms with Crippen molar-refractivity contribution in [2.45, 2.75) is 18.6 Å². The number of carbonyl (C=O) groups is 1. The molecule has 8 aromatic rings. The molecule has 56 heavy (non-hydrogen) atoms. The van der Waals surface area contributed by atoms with Crippen LogP contribution < -0.4 is 4.90 Å². The zero-order valence-corrected chi connectivity index (χ0v) is 29.1. The van der Waals surface area contributed by atoms with E-state index in [1.807, 2.05) is 103 Å². The first-order chi connectivity index (χ1) is 26.9. The van der Waals surface area contributed by atoms with Crippen LogP contribution >= 0.6 is 0 Å². The first kappa shape index (κ1) is 35.1. The zero-order valence-electron chi connectivity index (χ0n) is 29.1. The van der Waals surface area contributed by atoms with Crippen LogP contribution in [0.1, 0.15) is 33.3 Å². The second kappa shape index (κ2) is 13.0. The van der Waals surface area contributed by atoms with Crippen LogP contribution in [-0.4, -0.2) is 15.6 Å². The molecule has 1 aromatic heterocycles. The zero-order chi connectivity index (χ0) is 38.9. The Morgan fingerprint density at radius 3 is 1.39 bits per heavy atom. The Balaban J connectivity index is 1.36. The Morgan fingerprint density at radius 2 is 0.929 bits per heavy atom. The highest BCUT2D eigenvalue weighted by Gasteiger charge is 2.44. The molecule has 1 amide bonds. The van der Waals surface area contributed by atoms with Gasteiger partial charge in [-0.1, -0.05) is 121 Å². The minimum Gasteiger partial charge on any atom is -0.369 e. The average Bonchev–Trinajstić information content (AvgIpc) is 3.68. The van der Waals surface area contributed by atoms with Crippen LogP contribution in [0.3, 0.4) is 0 Å². The molecule has 2 heterocycles. The molecular weight excluding hydrogens is 727 g/mol. The van der Waals surface area contributed by atoms with Gasteiger partial charge in [-0.25, -0.2) is 0 Å². The van der Waals surface area contributed by atoms with Gasteiger partial charge in [0.05, 0.1) is 33.5 Å². The van der Waals surface area contributed by atoms with Gasteiger partial charge in [-0.15, -0.1) is 0 Å². The highest BCUT2D eigenvalue weighted by Crippen LogP contribution is 2.51. The third-order valence-corrected chi connectivity index (χ3v) is 10.3. The van der Waals surface area contributed by atoms with Gasteiger partial charge >= 0.3 is 12.4 Å². The molecule has 0 saturated carbocycles. The van der Waals surface area contributed by atoms with Crippen molar-refractivity contribution in [1.29, 1.82) is 0 Å². The summed E-state index contributed by atoms with van der Waals surface area (Å²) < 4.78 is 89.7. The van der Waals surface area contributed by atoms with Gasteiger partial charge in [0.15, 0.2) is 6.23 Å². The second-order valence-electron chi connectivity index (χ2n) is 13.5. The lowest BCUT2D eigenvalue weighted by Gasteiger charge is -2.28. The number of benzene rings is 7. The van der Waals surface area contributed by atoms with E-state index in [2.05, 4.69) is 0 Å². The Bertz CT molecular complexity index is 2680. The van der Waals surface area contributed by atoms with Crippen LogP contribution in [0.25, 0.3) is 60.9 Å². The summed E-state index contributed by atoms with van der Waals surface area (Å²) in [6, 6.07) is 42.7. The number of hydrogen-bond acceptors (Lipinski definition) is 2. The maximum Gasteiger partial charge on any atom is 0.418 e. The number of fused-ring (bicyclic) bond motifs is 4. The fraction of sp³-hybridized carbons (Fsp3) is 0.0652. The van der Waals surface area contributed by atoms with E-state index < -0.39 is 46.6 Å². The third kappa shape index (κ3) is 5.55. The van der Waals surface area contributed by atoms with Crippen LogP contribution in [0.5, 0.6) is 0 Å². The number of aromatic nitrogens is 1. The van der Waals surface area contributed by atoms with E-state index in [0.717, 1.165) is 40.0 Å². The van der Waals surface area contributed by atoms with Gasteiger partial charge < -0.3 is 9.67 Å². The summed E-state index contributed by atoms with van der Waals surface area (Å²) in [5.41, 5.74) is 0.811. The monoisotopic (exact) mass is 754 g/mol. The lowest BCUT2D eigenvalue weighted by molar-refractivity contribution is -0.136. The number of rotatable bonds is 5. The van der Waals surface area contributed by atoms with Crippen LogP contribution in [0.15, 0.2) is 158 Å². The molecule has 9 rings (SSSR count). The maximum absolute atomic E-state index is 14.8. The number of nitrogens with zero attached hydrogens (tertiary/aromatic N) is 2. The first-order valence-electron chi connectivity index (χ1n) is 17.6. The summed E-state index contributed by atoms with van der Waals surface area (Å²) in [4.78, 5) is 16.0. The summed E-state index contributed by atoms with van der Waals surface area (Å²) in [7, 11) is 0. The first-order valence-corrected chi connectivity index (χ1v) is 17.6. The SMILES string of the molecule is O=C1c2cccc(-n3c4c(C(F)(F)F)cccc4c4cccc(C(F)(F)F)c43)c2C(O)N1c1c(-c2ccccc2)cc(-c2ccccc2)cc1-c1ccccc1. The van der Waals surface area contributed by atoms with Crippen molar-refractivity contribution in [1.82, 2.24) is 4.57 Å². The highest BCUT2D eigenvalue weighted by molar-refractivity contribution is 6.17. The van der Waals surface area contributed by atoms with E-state index in [1.165, 1.54) is 35.2 Å². The van der Waals surface area contributed by atoms with Gasteiger partial charge in [0.2, 0.25) is 0 Å². The quantitative estimate of drug-likeness (QED) is 0.178. The van der Waals surface area contributed by atoms with Crippen LogP contribution in [0.4, 0.5) is 32.0 Å². The lowest BCUT2D eigenvalue weighted by atomic mass is 9.90. The Morgan fingerprint density at radius 1 is 0.482 bits per heavy atom. The molecule has 10 heteroatoms. The van der Waals surface area contributed by atoms with Crippen LogP contribution in [0.2, 0.25) is 0 Å². The number of para-hydroxylation sites is 2. The normalized spacial score (nSPS) is 14.5. The van der Waals surface area contributed by atoms with Gasteiger partial charge in [-0.2, -0.15) is 26.3 Å². The fourth-order valence-electron chi connectivity index (χ4n) is 7.98. The maximum atomic E-state index is 14.8. The Kier molecular flexibility index (Phi) is 8.14. The summed E-state index contributed by atoms with van der Waals surface area (Å²) >= 11 is 0. The number of hydrogen-bond donors (Lipinski definition) is 1. The summed E-state index contributed by atoms with van der Waals surface area (Å²) in [6.07, 6.45) is -11.7. The van der Waals surface area contributed by atoms with Crippen molar-refractivity contribution < 1.29 is 36.2 Å². The molecule has 0 bridgehead atoms. The molecule has 0 saturated heterocycles.